The van der Waals surface area contributed by atoms with E-state index in [-0.39, 0.29) is 11.7 Å². The van der Waals surface area contributed by atoms with E-state index in [4.69, 9.17) is 16.3 Å². The maximum absolute atomic E-state index is 12.4. The largest absolute Gasteiger partial charge is 0.495 e. The number of fused-ring (bicyclic) bond motifs is 1. The van der Waals surface area contributed by atoms with Crippen molar-refractivity contribution in [2.75, 3.05) is 18.2 Å². The first-order valence-electron chi connectivity index (χ1n) is 8.80. The summed E-state index contributed by atoms with van der Waals surface area (Å²) in [7, 11) is 1.55. The number of hydrogen-bond donors (Lipinski definition) is 1. The third-order valence-corrected chi connectivity index (χ3v) is 5.49. The van der Waals surface area contributed by atoms with Gasteiger partial charge in [0.2, 0.25) is 5.91 Å². The molecule has 0 unspecified atom stereocenters. The van der Waals surface area contributed by atoms with Gasteiger partial charge in [-0.25, -0.2) is 9.50 Å². The zero-order chi connectivity index (χ0) is 20.2. The first-order chi connectivity index (χ1) is 14.1. The summed E-state index contributed by atoms with van der Waals surface area (Å²) in [6.45, 7) is 0. The molecule has 0 spiro atoms. The Morgan fingerprint density at radius 2 is 2.03 bits per heavy atom. The number of amides is 1. The van der Waals surface area contributed by atoms with Crippen LogP contribution in [-0.4, -0.2) is 33.4 Å². The van der Waals surface area contributed by atoms with Crippen LogP contribution in [-0.2, 0) is 4.79 Å². The van der Waals surface area contributed by atoms with E-state index in [1.807, 2.05) is 36.4 Å². The average molecular weight is 425 g/mol. The van der Waals surface area contributed by atoms with E-state index in [1.165, 1.54) is 11.8 Å². The fourth-order valence-corrected chi connectivity index (χ4v) is 3.87. The van der Waals surface area contributed by atoms with Gasteiger partial charge in [0, 0.05) is 23.6 Å². The van der Waals surface area contributed by atoms with Crippen LogP contribution >= 0.6 is 23.4 Å². The molecule has 8 heteroatoms. The van der Waals surface area contributed by atoms with Gasteiger partial charge in [0.15, 0.2) is 0 Å². The van der Waals surface area contributed by atoms with Gasteiger partial charge in [-0.1, -0.05) is 53.7 Å². The fraction of sp³-hybridized carbons (Fsp3) is 0.0952. The summed E-state index contributed by atoms with van der Waals surface area (Å²) >= 11 is 7.46. The molecule has 6 nitrogen and oxygen atoms in total. The van der Waals surface area contributed by atoms with Crippen LogP contribution in [0, 0.1) is 0 Å². The Bertz CT molecular complexity index is 1160. The SMILES string of the molecule is COc1ccc(NC(=O)CSc2nccn3nc(-c4ccccc4)cc23)cc1Cl. The van der Waals surface area contributed by atoms with Gasteiger partial charge < -0.3 is 10.1 Å². The molecule has 29 heavy (non-hydrogen) atoms. The maximum Gasteiger partial charge on any atom is 0.234 e. The Morgan fingerprint density at radius 1 is 1.21 bits per heavy atom. The lowest BCUT2D eigenvalue weighted by Crippen LogP contribution is -2.14. The molecular weight excluding hydrogens is 408 g/mol. The Hall–Kier alpha value is -3.03. The van der Waals surface area contributed by atoms with Crippen LogP contribution in [0.15, 0.2) is 72.0 Å². The number of anilines is 1. The molecule has 0 radical (unpaired) electrons. The number of nitrogens with zero attached hydrogens (tertiary/aromatic N) is 3. The van der Waals surface area contributed by atoms with Gasteiger partial charge in [0.25, 0.3) is 0 Å². The van der Waals surface area contributed by atoms with Crippen molar-refractivity contribution in [3.63, 3.8) is 0 Å². The molecule has 146 valence electrons. The Balaban J connectivity index is 1.47. The molecule has 2 aromatic heterocycles. The van der Waals surface area contributed by atoms with Gasteiger partial charge in [-0.2, -0.15) is 5.10 Å². The van der Waals surface area contributed by atoms with Gasteiger partial charge in [0.1, 0.15) is 10.8 Å². The van der Waals surface area contributed by atoms with E-state index in [0.29, 0.717) is 16.5 Å². The predicted molar refractivity (Wildman–Crippen MR) is 116 cm³/mol. The number of rotatable bonds is 6. The second-order valence-electron chi connectivity index (χ2n) is 6.14. The van der Waals surface area contributed by atoms with Crippen LogP contribution < -0.4 is 10.1 Å². The van der Waals surface area contributed by atoms with Crippen molar-refractivity contribution in [2.45, 2.75) is 5.03 Å². The number of methoxy groups -OCH3 is 1. The molecule has 0 aliphatic heterocycles. The van der Waals surface area contributed by atoms with Gasteiger partial charge >= 0.3 is 0 Å². The molecule has 2 heterocycles. The van der Waals surface area contributed by atoms with Crippen LogP contribution in [0.4, 0.5) is 5.69 Å². The van der Waals surface area contributed by atoms with Crippen molar-refractivity contribution in [1.82, 2.24) is 14.6 Å². The minimum atomic E-state index is -0.150. The number of aromatic nitrogens is 3. The Morgan fingerprint density at radius 3 is 2.79 bits per heavy atom. The van der Waals surface area contributed by atoms with Crippen molar-refractivity contribution in [3.05, 3.63) is 72.0 Å². The second kappa shape index (κ2) is 8.55. The summed E-state index contributed by atoms with van der Waals surface area (Å²) in [6.07, 6.45) is 3.48. The van der Waals surface area contributed by atoms with E-state index in [2.05, 4.69) is 15.4 Å². The second-order valence-corrected chi connectivity index (χ2v) is 7.52. The van der Waals surface area contributed by atoms with Crippen LogP contribution in [0.25, 0.3) is 16.8 Å². The zero-order valence-corrected chi connectivity index (χ0v) is 17.1. The highest BCUT2D eigenvalue weighted by molar-refractivity contribution is 8.00. The van der Waals surface area contributed by atoms with E-state index in [1.54, 1.807) is 42.2 Å². The summed E-state index contributed by atoms with van der Waals surface area (Å²) in [5, 5.41) is 8.62. The smallest absolute Gasteiger partial charge is 0.234 e. The number of thioether (sulfide) groups is 1. The van der Waals surface area contributed by atoms with E-state index in [9.17, 15) is 4.79 Å². The highest BCUT2D eigenvalue weighted by atomic mass is 35.5. The third-order valence-electron chi connectivity index (χ3n) is 4.20. The van der Waals surface area contributed by atoms with Gasteiger partial charge in [-0.05, 0) is 24.3 Å². The number of nitrogens with one attached hydrogen (secondary N) is 1. The normalized spacial score (nSPS) is 10.8. The highest BCUT2D eigenvalue weighted by Crippen LogP contribution is 2.28. The lowest BCUT2D eigenvalue weighted by Gasteiger charge is -2.08. The monoisotopic (exact) mass is 424 g/mol. The maximum atomic E-state index is 12.4. The topological polar surface area (TPSA) is 68.5 Å². The van der Waals surface area contributed by atoms with Gasteiger partial charge in [-0.3, -0.25) is 4.79 Å². The quantitative estimate of drug-likeness (QED) is 0.451. The minimum Gasteiger partial charge on any atom is -0.495 e. The summed E-state index contributed by atoms with van der Waals surface area (Å²) in [5.74, 6) is 0.620. The Kier molecular flexibility index (Phi) is 5.69. The van der Waals surface area contributed by atoms with Crippen molar-refractivity contribution in [3.8, 4) is 17.0 Å². The number of halogens is 1. The van der Waals surface area contributed by atoms with Crippen LogP contribution in [0.3, 0.4) is 0 Å². The van der Waals surface area contributed by atoms with E-state index >= 15 is 0 Å². The van der Waals surface area contributed by atoms with Crippen molar-refractivity contribution in [1.29, 1.82) is 0 Å². The van der Waals surface area contributed by atoms with Crippen molar-refractivity contribution in [2.24, 2.45) is 0 Å². The first kappa shape index (κ1) is 19.3. The Labute approximate surface area is 176 Å². The summed E-state index contributed by atoms with van der Waals surface area (Å²) in [6, 6.07) is 17.0. The number of benzene rings is 2. The molecule has 0 saturated carbocycles. The molecule has 4 rings (SSSR count). The molecule has 0 saturated heterocycles. The molecule has 1 amide bonds. The predicted octanol–water partition coefficient (Wildman–Crippen LogP) is 4.79. The number of carbonyl (C=O) groups is 1. The summed E-state index contributed by atoms with van der Waals surface area (Å²) in [4.78, 5) is 16.8. The summed E-state index contributed by atoms with van der Waals surface area (Å²) in [5.41, 5.74) is 3.36. The highest BCUT2D eigenvalue weighted by Gasteiger charge is 2.12. The van der Waals surface area contributed by atoms with Gasteiger partial charge in [0.05, 0.1) is 29.1 Å². The molecular formula is C21H17ClN4O2S. The molecule has 0 aliphatic carbocycles. The van der Waals surface area contributed by atoms with Crippen molar-refractivity contribution < 1.29 is 9.53 Å². The molecule has 0 fully saturated rings. The summed E-state index contributed by atoms with van der Waals surface area (Å²) < 4.78 is 6.90. The molecule has 4 aromatic rings. The number of hydrogen-bond acceptors (Lipinski definition) is 5. The first-order valence-corrected chi connectivity index (χ1v) is 10.2. The molecule has 1 N–H and O–H groups in total. The lowest BCUT2D eigenvalue weighted by molar-refractivity contribution is -0.113. The van der Waals surface area contributed by atoms with Crippen LogP contribution in [0.1, 0.15) is 0 Å². The minimum absolute atomic E-state index is 0.150. The lowest BCUT2D eigenvalue weighted by atomic mass is 10.1. The standard InChI is InChI=1S/C21H17ClN4O2S/c1-28-19-8-7-15(11-16(19)22)24-20(27)13-29-21-18-12-17(14-5-3-2-4-6-14)25-26(18)10-9-23-21/h2-12H,13H2,1H3,(H,24,27). The van der Waals surface area contributed by atoms with E-state index < -0.39 is 0 Å². The van der Waals surface area contributed by atoms with Crippen LogP contribution in [0.2, 0.25) is 5.02 Å². The molecule has 0 aliphatic rings. The zero-order valence-electron chi connectivity index (χ0n) is 15.5. The molecule has 0 atom stereocenters. The van der Waals surface area contributed by atoms with Crippen LogP contribution in [0.5, 0.6) is 5.75 Å². The molecule has 2 aromatic carbocycles. The van der Waals surface area contributed by atoms with Crippen molar-refractivity contribution >= 4 is 40.5 Å². The van der Waals surface area contributed by atoms with E-state index in [0.717, 1.165) is 21.8 Å². The fourth-order valence-electron chi connectivity index (χ4n) is 2.83. The number of carbonyl (C=O) groups excluding carboxylic acids is 1. The third kappa shape index (κ3) is 4.36. The average Bonchev–Trinajstić information content (AvgIpc) is 3.18. The molecule has 0 bridgehead atoms. The van der Waals surface area contributed by atoms with Gasteiger partial charge in [-0.15, -0.1) is 0 Å². The number of ether oxygens (including phenoxy) is 1.